The third kappa shape index (κ3) is 2.14. The van der Waals surface area contributed by atoms with Gasteiger partial charge in [0.25, 0.3) is 0 Å². The second kappa shape index (κ2) is 2.88. The summed E-state index contributed by atoms with van der Waals surface area (Å²) < 4.78 is 34.3. The molecule has 0 rings (SSSR count). The van der Waals surface area contributed by atoms with Gasteiger partial charge in [0.1, 0.15) is 0 Å². The topological polar surface area (TPSA) is 72.2 Å². The first-order valence-electron chi connectivity index (χ1n) is 2.19. The van der Waals surface area contributed by atoms with Gasteiger partial charge in [-0.1, -0.05) is 0 Å². The molecule has 0 aromatic heterocycles. The van der Waals surface area contributed by atoms with Crippen molar-refractivity contribution in [2.45, 2.75) is 6.18 Å². The summed E-state index contributed by atoms with van der Waals surface area (Å²) in [5.41, 5.74) is -1.46. The number of rotatable bonds is 0. The molecule has 0 unspecified atom stereocenters. The number of allylic oxidation sites excluding steroid dienone is 2. The van der Waals surface area contributed by atoms with Crippen molar-refractivity contribution in [2.24, 2.45) is 0 Å². The van der Waals surface area contributed by atoms with Crippen LogP contribution in [0.15, 0.2) is 11.5 Å². The highest BCUT2D eigenvalue weighted by Crippen LogP contribution is 2.25. The van der Waals surface area contributed by atoms with Gasteiger partial charge < -0.3 is 5.11 Å². The summed E-state index contributed by atoms with van der Waals surface area (Å²) in [6.45, 7) is 0. The molecule has 0 bridgehead atoms. The molecule has 7 heteroatoms. The molecule has 0 heterocycles. The van der Waals surface area contributed by atoms with E-state index in [0.717, 1.165) is 6.07 Å². The van der Waals surface area contributed by atoms with E-state index in [-0.39, 0.29) is 0 Å². The lowest BCUT2D eigenvalue weighted by molar-refractivity contribution is -0.121. The zero-order valence-electron chi connectivity index (χ0n) is 4.92. The number of nitrogens with zero attached hydrogens (tertiary/aromatic N) is 3. The molecule has 0 atom stereocenters. The normalized spacial score (nSPS) is 12.8. The van der Waals surface area contributed by atoms with Gasteiger partial charge in [0.15, 0.2) is 11.0 Å². The summed E-state index contributed by atoms with van der Waals surface area (Å²) in [6, 6.07) is 0.851. The van der Waals surface area contributed by atoms with Crippen LogP contribution in [0.1, 0.15) is 0 Å². The number of aliphatic hydroxyl groups is 1. The quantitative estimate of drug-likeness (QED) is 0.336. The molecule has 0 aromatic rings. The summed E-state index contributed by atoms with van der Waals surface area (Å²) in [7, 11) is 0. The minimum atomic E-state index is -5.06. The Balaban J connectivity index is 5.01. The summed E-state index contributed by atoms with van der Waals surface area (Å²) in [5.74, 6) is -2.21. The van der Waals surface area contributed by atoms with Crippen molar-refractivity contribution in [1.29, 1.82) is 10.7 Å². The highest BCUT2D eigenvalue weighted by atomic mass is 19.4. The molecule has 0 saturated heterocycles. The van der Waals surface area contributed by atoms with E-state index in [2.05, 4.69) is 0 Å². The second-order valence-electron chi connectivity index (χ2n) is 1.41. The number of hydrogen-bond donors (Lipinski definition) is 1. The van der Waals surface area contributed by atoms with Crippen LogP contribution in [0, 0.1) is 16.7 Å². The van der Waals surface area contributed by atoms with Crippen LogP contribution in [0.2, 0.25) is 0 Å². The number of hydrogen-bond acceptors (Lipinski definition) is 3. The zero-order chi connectivity index (χ0) is 9.07. The average Bonchev–Trinajstić information content (AvgIpc) is 1.88. The molecule has 0 spiro atoms. The molecule has 0 aromatic carbocycles. The zero-order valence-corrected chi connectivity index (χ0v) is 4.92. The van der Waals surface area contributed by atoms with Crippen molar-refractivity contribution >= 4 is 0 Å². The maximum atomic E-state index is 11.4. The van der Waals surface area contributed by atoms with Gasteiger partial charge in [0.2, 0.25) is 5.39 Å². The lowest BCUT2D eigenvalue weighted by atomic mass is 10.4. The monoisotopic (exact) mass is 164 g/mol. The number of nitriles is 1. The summed E-state index contributed by atoms with van der Waals surface area (Å²) in [4.78, 5) is 1.92. The maximum absolute atomic E-state index is 11.4. The number of alkyl halides is 3. The Hall–Kier alpha value is -1.76. The molecule has 0 aliphatic heterocycles. The Morgan fingerprint density at radius 2 is 1.91 bits per heavy atom. The van der Waals surface area contributed by atoms with Gasteiger partial charge in [-0.25, -0.2) is 0 Å². The van der Waals surface area contributed by atoms with Crippen molar-refractivity contribution in [3.8, 4) is 6.07 Å². The standard InChI is InChI=1S/C4F3N3O/c5-4(6,7)3(11)2(1-8)10-9/p+1/b3-2+. The summed E-state index contributed by atoms with van der Waals surface area (Å²) >= 11 is 0. The first-order chi connectivity index (χ1) is 4.93. The Bertz CT molecular complexity index is 250. The van der Waals surface area contributed by atoms with Gasteiger partial charge in [0.05, 0.1) is 0 Å². The molecule has 58 valence electrons. The van der Waals surface area contributed by atoms with Gasteiger partial charge in [-0.15, -0.1) is 0 Å². The number of aliphatic hydroxyl groups excluding tert-OH is 1. The van der Waals surface area contributed by atoms with Crippen LogP contribution < -0.4 is 0 Å². The molecule has 0 saturated carbocycles. The first-order valence-corrected chi connectivity index (χ1v) is 2.19. The van der Waals surface area contributed by atoms with Gasteiger partial charge in [-0.3, -0.25) is 0 Å². The summed E-state index contributed by atoms with van der Waals surface area (Å²) in [5, 5.41) is 23.7. The van der Waals surface area contributed by atoms with Crippen molar-refractivity contribution in [3.63, 3.8) is 0 Å². The Labute approximate surface area is 58.8 Å². The van der Waals surface area contributed by atoms with Crippen LogP contribution in [0.4, 0.5) is 13.2 Å². The third-order valence-corrected chi connectivity index (χ3v) is 0.699. The van der Waals surface area contributed by atoms with Gasteiger partial charge >= 0.3 is 17.6 Å². The fourth-order valence-corrected chi connectivity index (χ4v) is 0.257. The van der Waals surface area contributed by atoms with E-state index >= 15 is 0 Å². The van der Waals surface area contributed by atoms with Crippen molar-refractivity contribution in [1.82, 2.24) is 0 Å². The van der Waals surface area contributed by atoms with Crippen LogP contribution in [-0.2, 0) is 0 Å². The molecule has 0 fully saturated rings. The van der Waals surface area contributed by atoms with Gasteiger partial charge in [0, 0.05) is 0 Å². The predicted octanol–water partition coefficient (Wildman–Crippen LogP) is 1.69. The highest BCUT2D eigenvalue weighted by Gasteiger charge is 2.42. The number of halogens is 3. The first kappa shape index (κ1) is 9.24. The largest absolute Gasteiger partial charge is 0.507 e. The maximum Gasteiger partial charge on any atom is 0.507 e. The molecule has 11 heavy (non-hydrogen) atoms. The lowest BCUT2D eigenvalue weighted by Gasteiger charge is -1.98. The Morgan fingerprint density at radius 1 is 1.45 bits per heavy atom. The third-order valence-electron chi connectivity index (χ3n) is 0.699. The van der Waals surface area contributed by atoms with Crippen LogP contribution in [0.5, 0.6) is 0 Å². The van der Waals surface area contributed by atoms with Crippen LogP contribution in [0.3, 0.4) is 0 Å². The van der Waals surface area contributed by atoms with Crippen LogP contribution >= 0.6 is 0 Å². The lowest BCUT2D eigenvalue weighted by Crippen LogP contribution is -2.12. The SMILES string of the molecule is N#C/C([N+]#N)=C(\O)C(F)(F)F. The molecule has 0 radical (unpaired) electrons. The summed E-state index contributed by atoms with van der Waals surface area (Å²) in [6.07, 6.45) is -5.06. The molecular weight excluding hydrogens is 163 g/mol. The smallest absolute Gasteiger partial charge is 0.498 e. The van der Waals surface area contributed by atoms with Gasteiger partial charge in [-0.2, -0.15) is 18.4 Å². The minimum absolute atomic E-state index is 0.851. The van der Waals surface area contributed by atoms with E-state index in [4.69, 9.17) is 15.8 Å². The average molecular weight is 164 g/mol. The fourth-order valence-electron chi connectivity index (χ4n) is 0.257. The van der Waals surface area contributed by atoms with E-state index in [1.165, 1.54) is 0 Å². The van der Waals surface area contributed by atoms with E-state index < -0.39 is 17.6 Å². The van der Waals surface area contributed by atoms with E-state index in [1.54, 1.807) is 0 Å². The molecular formula is C4HF3N3O+. The van der Waals surface area contributed by atoms with Crippen molar-refractivity contribution < 1.29 is 18.3 Å². The van der Waals surface area contributed by atoms with Crippen molar-refractivity contribution in [2.75, 3.05) is 0 Å². The molecule has 0 amide bonds. The van der Waals surface area contributed by atoms with E-state index in [1.807, 2.05) is 4.98 Å². The van der Waals surface area contributed by atoms with Crippen LogP contribution in [0.25, 0.3) is 4.98 Å². The Morgan fingerprint density at radius 3 is 2.00 bits per heavy atom. The molecule has 0 aliphatic rings. The number of diazo groups is 1. The molecule has 1 N–H and O–H groups in total. The van der Waals surface area contributed by atoms with E-state index in [0.29, 0.717) is 0 Å². The van der Waals surface area contributed by atoms with Gasteiger partial charge in [-0.05, 0) is 0 Å². The molecule has 4 nitrogen and oxygen atoms in total. The predicted molar refractivity (Wildman–Crippen MR) is 26.4 cm³/mol. The molecule has 0 aliphatic carbocycles. The minimum Gasteiger partial charge on any atom is -0.498 e. The fraction of sp³-hybridized carbons (Fsp3) is 0.250. The van der Waals surface area contributed by atoms with E-state index in [9.17, 15) is 13.2 Å². The Kier molecular flexibility index (Phi) is 2.42. The highest BCUT2D eigenvalue weighted by molar-refractivity contribution is 5.30. The van der Waals surface area contributed by atoms with Crippen molar-refractivity contribution in [3.05, 3.63) is 16.4 Å². The second-order valence-corrected chi connectivity index (χ2v) is 1.41. The van der Waals surface area contributed by atoms with Crippen LogP contribution in [-0.4, -0.2) is 11.3 Å².